The molecule has 2 heterocycles. The van der Waals surface area contributed by atoms with Crippen LogP contribution in [0.2, 0.25) is 0 Å². The summed E-state index contributed by atoms with van der Waals surface area (Å²) in [5.41, 5.74) is 1.90. The number of hydrogen-bond acceptors (Lipinski definition) is 6. The molecule has 1 aromatic heterocycles. The number of aliphatic hydroxyl groups is 1. The zero-order valence-corrected chi connectivity index (χ0v) is 17.2. The second-order valence-electron chi connectivity index (χ2n) is 7.17. The van der Waals surface area contributed by atoms with E-state index in [1.165, 1.54) is 23.5 Å². The van der Waals surface area contributed by atoms with Crippen molar-refractivity contribution in [2.45, 2.75) is 30.0 Å². The first-order valence-corrected chi connectivity index (χ1v) is 10.9. The highest BCUT2D eigenvalue weighted by Gasteiger charge is 2.43. The average molecular weight is 426 g/mol. The Balaban J connectivity index is 1.78. The predicted octanol–water partition coefficient (Wildman–Crippen LogP) is 2.65. The molecule has 2 aromatic carbocycles. The lowest BCUT2D eigenvalue weighted by atomic mass is 9.95. The monoisotopic (exact) mass is 426 g/mol. The first-order valence-electron chi connectivity index (χ1n) is 9.45. The maximum atomic E-state index is 13.5. The van der Waals surface area contributed by atoms with Gasteiger partial charge in [0.1, 0.15) is 0 Å². The lowest BCUT2D eigenvalue weighted by Gasteiger charge is -2.39. The standard InChI is InChI=1S/C22H22N2O5S/c1-29-20-13-16(6-7-19(20)25)12-18-22(26)17-4-2-3-5-21(17)30(27,28)24(18)14-15-8-10-23-11-9-15/h2-11,13,18,22,25-26H,12,14H2,1H3. The van der Waals surface area contributed by atoms with Gasteiger partial charge in [-0.3, -0.25) is 4.98 Å². The second-order valence-corrected chi connectivity index (χ2v) is 9.03. The molecule has 156 valence electrons. The van der Waals surface area contributed by atoms with E-state index in [4.69, 9.17) is 4.74 Å². The highest BCUT2D eigenvalue weighted by molar-refractivity contribution is 7.89. The summed E-state index contributed by atoms with van der Waals surface area (Å²) in [6, 6.07) is 14.2. The molecule has 2 unspecified atom stereocenters. The van der Waals surface area contributed by atoms with Crippen molar-refractivity contribution in [1.82, 2.24) is 9.29 Å². The maximum absolute atomic E-state index is 13.5. The van der Waals surface area contributed by atoms with Gasteiger partial charge in [0.05, 0.1) is 24.2 Å². The van der Waals surface area contributed by atoms with Gasteiger partial charge in [-0.25, -0.2) is 8.42 Å². The van der Waals surface area contributed by atoms with Crippen LogP contribution < -0.4 is 4.74 Å². The highest BCUT2D eigenvalue weighted by Crippen LogP contribution is 2.39. The second kappa shape index (κ2) is 8.06. The first kappa shape index (κ1) is 20.3. The van der Waals surface area contributed by atoms with E-state index in [1.54, 1.807) is 54.9 Å². The van der Waals surface area contributed by atoms with E-state index in [-0.39, 0.29) is 23.6 Å². The average Bonchev–Trinajstić information content (AvgIpc) is 2.76. The number of methoxy groups -OCH3 is 1. The smallest absolute Gasteiger partial charge is 0.244 e. The molecule has 0 saturated heterocycles. The van der Waals surface area contributed by atoms with Crippen LogP contribution in [0.4, 0.5) is 0 Å². The minimum Gasteiger partial charge on any atom is -0.504 e. The van der Waals surface area contributed by atoms with Crippen molar-refractivity contribution in [2.24, 2.45) is 0 Å². The van der Waals surface area contributed by atoms with E-state index in [0.717, 1.165) is 11.1 Å². The van der Waals surface area contributed by atoms with Crippen molar-refractivity contribution in [1.29, 1.82) is 0 Å². The zero-order valence-electron chi connectivity index (χ0n) is 16.3. The Hall–Kier alpha value is -2.94. The molecule has 2 N–H and O–H groups in total. The number of aromatic nitrogens is 1. The summed E-state index contributed by atoms with van der Waals surface area (Å²) in [5, 5.41) is 21.0. The van der Waals surface area contributed by atoms with E-state index < -0.39 is 22.2 Å². The SMILES string of the molecule is COc1cc(CC2C(O)c3ccccc3S(=O)(=O)N2Cc2ccncc2)ccc1O. The van der Waals surface area contributed by atoms with Crippen molar-refractivity contribution in [3.63, 3.8) is 0 Å². The summed E-state index contributed by atoms with van der Waals surface area (Å²) in [6.45, 7) is 0.107. The number of fused-ring (bicyclic) bond motifs is 1. The molecule has 1 aliphatic rings. The number of aliphatic hydroxyl groups excluding tert-OH is 1. The molecule has 2 atom stereocenters. The Labute approximate surface area is 175 Å². The molecule has 1 aliphatic heterocycles. The molecule has 30 heavy (non-hydrogen) atoms. The molecule has 0 bridgehead atoms. The fourth-order valence-electron chi connectivity index (χ4n) is 3.80. The lowest BCUT2D eigenvalue weighted by Crippen LogP contribution is -2.48. The van der Waals surface area contributed by atoms with Gasteiger partial charge in [0, 0.05) is 24.5 Å². The normalized spacial score (nSPS) is 20.5. The molecular formula is C22H22N2O5S. The van der Waals surface area contributed by atoms with Crippen molar-refractivity contribution in [2.75, 3.05) is 7.11 Å². The molecule has 4 rings (SSSR count). The number of benzene rings is 2. The molecular weight excluding hydrogens is 404 g/mol. The fourth-order valence-corrected chi connectivity index (χ4v) is 5.66. The Morgan fingerprint density at radius 2 is 1.80 bits per heavy atom. The van der Waals surface area contributed by atoms with E-state index >= 15 is 0 Å². The van der Waals surface area contributed by atoms with Gasteiger partial charge < -0.3 is 14.9 Å². The molecule has 0 aliphatic carbocycles. The molecule has 0 amide bonds. The summed E-state index contributed by atoms with van der Waals surface area (Å²) in [5.74, 6) is 0.291. The fraction of sp³-hybridized carbons (Fsp3) is 0.227. The minimum absolute atomic E-state index is 0.00273. The van der Waals surface area contributed by atoms with Crippen molar-refractivity contribution < 1.29 is 23.4 Å². The Morgan fingerprint density at radius 3 is 2.53 bits per heavy atom. The number of nitrogens with zero attached hydrogens (tertiary/aromatic N) is 2. The van der Waals surface area contributed by atoms with Crippen molar-refractivity contribution in [3.8, 4) is 11.5 Å². The maximum Gasteiger partial charge on any atom is 0.244 e. The third-order valence-corrected chi connectivity index (χ3v) is 7.28. The number of aromatic hydroxyl groups is 1. The lowest BCUT2D eigenvalue weighted by molar-refractivity contribution is 0.0769. The van der Waals surface area contributed by atoms with Crippen LogP contribution in [0.3, 0.4) is 0 Å². The molecule has 0 radical (unpaired) electrons. The van der Waals surface area contributed by atoms with Crippen LogP contribution in [0, 0.1) is 0 Å². The summed E-state index contributed by atoms with van der Waals surface area (Å²) < 4.78 is 33.4. The molecule has 0 saturated carbocycles. The topological polar surface area (TPSA) is 100.0 Å². The predicted molar refractivity (Wildman–Crippen MR) is 111 cm³/mol. The van der Waals surface area contributed by atoms with Crippen LogP contribution >= 0.6 is 0 Å². The van der Waals surface area contributed by atoms with Crippen LogP contribution in [0.1, 0.15) is 22.8 Å². The summed E-state index contributed by atoms with van der Waals surface area (Å²) in [4.78, 5) is 4.10. The third kappa shape index (κ3) is 3.65. The Bertz CT molecular complexity index is 1150. The van der Waals surface area contributed by atoms with Crippen LogP contribution in [-0.2, 0) is 23.0 Å². The zero-order chi connectivity index (χ0) is 21.3. The largest absolute Gasteiger partial charge is 0.504 e. The van der Waals surface area contributed by atoms with Crippen LogP contribution in [0.15, 0.2) is 71.9 Å². The summed E-state index contributed by atoms with van der Waals surface area (Å²) >= 11 is 0. The van der Waals surface area contributed by atoms with Gasteiger partial charge in [-0.15, -0.1) is 0 Å². The number of hydrogen-bond donors (Lipinski definition) is 2. The Morgan fingerprint density at radius 1 is 1.07 bits per heavy atom. The van der Waals surface area contributed by atoms with Crippen LogP contribution in [0.25, 0.3) is 0 Å². The van der Waals surface area contributed by atoms with Gasteiger partial charge in [0.25, 0.3) is 0 Å². The molecule has 3 aromatic rings. The van der Waals surface area contributed by atoms with Crippen LogP contribution in [0.5, 0.6) is 11.5 Å². The van der Waals surface area contributed by atoms with Gasteiger partial charge in [0.2, 0.25) is 10.0 Å². The Kier molecular flexibility index (Phi) is 5.46. The number of ether oxygens (including phenoxy) is 1. The van der Waals surface area contributed by atoms with E-state index in [0.29, 0.717) is 11.3 Å². The summed E-state index contributed by atoms with van der Waals surface area (Å²) in [7, 11) is -2.39. The van der Waals surface area contributed by atoms with Gasteiger partial charge >= 0.3 is 0 Å². The molecule has 8 heteroatoms. The number of sulfonamides is 1. The third-order valence-electron chi connectivity index (χ3n) is 5.34. The first-order chi connectivity index (χ1) is 14.4. The van der Waals surface area contributed by atoms with E-state index in [1.807, 2.05) is 0 Å². The molecule has 0 spiro atoms. The number of phenolic OH excluding ortho intramolecular Hbond substituents is 1. The number of pyridine rings is 1. The van der Waals surface area contributed by atoms with Gasteiger partial charge in [-0.2, -0.15) is 4.31 Å². The number of rotatable bonds is 5. The quantitative estimate of drug-likeness (QED) is 0.651. The van der Waals surface area contributed by atoms with Crippen LogP contribution in [-0.4, -0.2) is 41.1 Å². The van der Waals surface area contributed by atoms with Gasteiger partial charge in [-0.05, 0) is 47.9 Å². The van der Waals surface area contributed by atoms with Crippen molar-refractivity contribution >= 4 is 10.0 Å². The molecule has 7 nitrogen and oxygen atoms in total. The highest BCUT2D eigenvalue weighted by atomic mass is 32.2. The summed E-state index contributed by atoms with van der Waals surface area (Å²) in [6.07, 6.45) is 2.45. The van der Waals surface area contributed by atoms with Gasteiger partial charge in [-0.1, -0.05) is 24.3 Å². The van der Waals surface area contributed by atoms with E-state index in [2.05, 4.69) is 4.98 Å². The van der Waals surface area contributed by atoms with E-state index in [9.17, 15) is 18.6 Å². The van der Waals surface area contributed by atoms with Crippen molar-refractivity contribution in [3.05, 3.63) is 83.7 Å². The molecule has 0 fully saturated rings. The van der Waals surface area contributed by atoms with Gasteiger partial charge in [0.15, 0.2) is 11.5 Å². The minimum atomic E-state index is -3.83. The number of phenols is 1.